The van der Waals surface area contributed by atoms with E-state index in [9.17, 15) is 17.6 Å². The zero-order valence-electron chi connectivity index (χ0n) is 20.3. The third kappa shape index (κ3) is 5.77. The van der Waals surface area contributed by atoms with Crippen molar-refractivity contribution in [1.82, 2.24) is 0 Å². The van der Waals surface area contributed by atoms with E-state index in [2.05, 4.69) is 20.8 Å². The van der Waals surface area contributed by atoms with E-state index in [-0.39, 0.29) is 23.8 Å². The van der Waals surface area contributed by atoms with Crippen molar-refractivity contribution in [2.24, 2.45) is 5.73 Å². The summed E-state index contributed by atoms with van der Waals surface area (Å²) in [4.78, 5) is 0. The van der Waals surface area contributed by atoms with Crippen LogP contribution in [0.1, 0.15) is 44.9 Å². The molecule has 0 aliphatic rings. The largest absolute Gasteiger partial charge is 0.490 e. The standard InChI is InChI=1S/C27H31F4NO2Si/c1-19(32)23-17-20(28)18-24(27(29,30)31)25(23)33-15-16-34-35(26(2,3)4,21-11-7-5-8-12-21)22-13-9-6-10-14-22/h5-14,17-19H,15-16,32H2,1-4H3/t19-/m1/s1. The molecule has 35 heavy (non-hydrogen) atoms. The van der Waals surface area contributed by atoms with E-state index in [0.717, 1.165) is 16.4 Å². The summed E-state index contributed by atoms with van der Waals surface area (Å²) in [6.07, 6.45) is -4.79. The molecule has 0 aliphatic carbocycles. The van der Waals surface area contributed by atoms with Crippen molar-refractivity contribution in [2.45, 2.75) is 45.0 Å². The van der Waals surface area contributed by atoms with Gasteiger partial charge in [-0.05, 0) is 34.5 Å². The molecular weight excluding hydrogens is 474 g/mol. The highest BCUT2D eigenvalue weighted by Gasteiger charge is 2.50. The van der Waals surface area contributed by atoms with E-state index in [1.165, 1.54) is 6.92 Å². The molecule has 0 bridgehead atoms. The molecule has 3 nitrogen and oxygen atoms in total. The normalized spacial score (nSPS) is 13.5. The molecule has 1 atom stereocenters. The number of hydrogen-bond donors (Lipinski definition) is 1. The topological polar surface area (TPSA) is 44.5 Å². The van der Waals surface area contributed by atoms with Crippen molar-refractivity contribution >= 4 is 18.7 Å². The quantitative estimate of drug-likeness (QED) is 0.238. The third-order valence-corrected chi connectivity index (χ3v) is 11.0. The lowest BCUT2D eigenvalue weighted by Crippen LogP contribution is -2.66. The van der Waals surface area contributed by atoms with Crippen molar-refractivity contribution in [2.75, 3.05) is 13.2 Å². The summed E-state index contributed by atoms with van der Waals surface area (Å²) in [6, 6.07) is 20.4. The lowest BCUT2D eigenvalue weighted by atomic mass is 10.0. The first-order chi connectivity index (χ1) is 16.4. The lowest BCUT2D eigenvalue weighted by Gasteiger charge is -2.43. The number of rotatable bonds is 8. The minimum Gasteiger partial charge on any atom is -0.490 e. The Hall–Kier alpha value is -2.68. The Bertz CT molecular complexity index is 1070. The van der Waals surface area contributed by atoms with Gasteiger partial charge in [0.25, 0.3) is 8.32 Å². The highest BCUT2D eigenvalue weighted by Crippen LogP contribution is 2.41. The van der Waals surface area contributed by atoms with Crippen LogP contribution >= 0.6 is 0 Å². The fourth-order valence-electron chi connectivity index (χ4n) is 4.42. The molecule has 188 valence electrons. The van der Waals surface area contributed by atoms with Crippen LogP contribution in [0.3, 0.4) is 0 Å². The van der Waals surface area contributed by atoms with Crippen LogP contribution in [0, 0.1) is 5.82 Å². The third-order valence-electron chi connectivity index (χ3n) is 5.94. The van der Waals surface area contributed by atoms with Gasteiger partial charge < -0.3 is 14.9 Å². The number of hydrogen-bond acceptors (Lipinski definition) is 3. The van der Waals surface area contributed by atoms with Crippen LogP contribution < -0.4 is 20.8 Å². The fraction of sp³-hybridized carbons (Fsp3) is 0.333. The maximum absolute atomic E-state index is 13.9. The van der Waals surface area contributed by atoms with Crippen molar-refractivity contribution in [3.8, 4) is 5.75 Å². The molecule has 0 unspecified atom stereocenters. The molecule has 0 saturated heterocycles. The molecule has 3 aromatic rings. The van der Waals surface area contributed by atoms with E-state index < -0.39 is 37.7 Å². The van der Waals surface area contributed by atoms with Gasteiger partial charge in [0.05, 0.1) is 6.61 Å². The van der Waals surface area contributed by atoms with Crippen LogP contribution in [0.5, 0.6) is 5.75 Å². The van der Waals surface area contributed by atoms with E-state index in [0.29, 0.717) is 6.07 Å². The zero-order valence-corrected chi connectivity index (χ0v) is 21.3. The van der Waals surface area contributed by atoms with Crippen molar-refractivity contribution in [1.29, 1.82) is 0 Å². The average Bonchev–Trinajstić information content (AvgIpc) is 2.79. The molecule has 0 spiro atoms. The van der Waals surface area contributed by atoms with Crippen molar-refractivity contribution in [3.05, 3.63) is 89.7 Å². The first-order valence-electron chi connectivity index (χ1n) is 11.4. The lowest BCUT2D eigenvalue weighted by molar-refractivity contribution is -0.139. The average molecular weight is 506 g/mol. The van der Waals surface area contributed by atoms with Crippen LogP contribution in [-0.2, 0) is 10.6 Å². The monoisotopic (exact) mass is 505 g/mol. The Balaban J connectivity index is 1.96. The molecule has 0 aromatic heterocycles. The molecule has 0 saturated carbocycles. The van der Waals surface area contributed by atoms with E-state index in [1.54, 1.807) is 0 Å². The number of halogens is 4. The van der Waals surface area contributed by atoms with E-state index >= 15 is 0 Å². The van der Waals surface area contributed by atoms with Crippen molar-refractivity contribution < 1.29 is 26.7 Å². The van der Waals surface area contributed by atoms with Crippen LogP contribution in [0.15, 0.2) is 72.8 Å². The Kier molecular flexibility index (Phi) is 8.09. The molecule has 0 radical (unpaired) electrons. The molecule has 2 N–H and O–H groups in total. The smallest absolute Gasteiger partial charge is 0.420 e. The van der Waals surface area contributed by atoms with Crippen LogP contribution in [0.2, 0.25) is 5.04 Å². The summed E-state index contributed by atoms with van der Waals surface area (Å²) in [5.41, 5.74) is 4.62. The van der Waals surface area contributed by atoms with Gasteiger partial charge in [0.1, 0.15) is 23.7 Å². The first-order valence-corrected chi connectivity index (χ1v) is 13.3. The van der Waals surface area contributed by atoms with Gasteiger partial charge in [-0.25, -0.2) is 4.39 Å². The fourth-order valence-corrected chi connectivity index (χ4v) is 8.97. The first kappa shape index (κ1) is 26.9. The summed E-state index contributed by atoms with van der Waals surface area (Å²) in [7, 11) is -2.87. The van der Waals surface area contributed by atoms with Gasteiger partial charge >= 0.3 is 6.18 Å². The minimum atomic E-state index is -4.79. The van der Waals surface area contributed by atoms with Crippen molar-refractivity contribution in [3.63, 3.8) is 0 Å². The second-order valence-electron chi connectivity index (χ2n) is 9.52. The number of benzene rings is 3. The number of ether oxygens (including phenoxy) is 1. The summed E-state index contributed by atoms with van der Waals surface area (Å²) in [5.74, 6) is -1.47. The summed E-state index contributed by atoms with van der Waals surface area (Å²) >= 11 is 0. The van der Waals surface area contributed by atoms with Gasteiger partial charge in [-0.3, -0.25) is 0 Å². The summed E-state index contributed by atoms with van der Waals surface area (Å²) in [6.45, 7) is 7.70. The molecule has 3 rings (SSSR count). The van der Waals surface area contributed by atoms with E-state index in [4.69, 9.17) is 14.9 Å². The second kappa shape index (κ2) is 10.5. The van der Waals surface area contributed by atoms with Gasteiger partial charge in [-0.1, -0.05) is 81.4 Å². The predicted octanol–water partition coefficient (Wildman–Crippen LogP) is 5.82. The van der Waals surface area contributed by atoms with Gasteiger partial charge in [0.15, 0.2) is 0 Å². The van der Waals surface area contributed by atoms with Crippen LogP contribution in [0.4, 0.5) is 17.6 Å². The van der Waals surface area contributed by atoms with Crippen LogP contribution in [0.25, 0.3) is 0 Å². The Morgan fingerprint density at radius 3 is 1.80 bits per heavy atom. The maximum Gasteiger partial charge on any atom is 0.420 e. The highest BCUT2D eigenvalue weighted by atomic mass is 28.4. The molecule has 8 heteroatoms. The minimum absolute atomic E-state index is 0.0391. The van der Waals surface area contributed by atoms with Gasteiger partial charge in [0.2, 0.25) is 0 Å². The molecule has 3 aromatic carbocycles. The molecule has 0 heterocycles. The van der Waals surface area contributed by atoms with Gasteiger partial charge in [0, 0.05) is 11.6 Å². The Labute approximate surface area is 205 Å². The Morgan fingerprint density at radius 1 is 0.857 bits per heavy atom. The zero-order chi connectivity index (χ0) is 25.9. The summed E-state index contributed by atoms with van der Waals surface area (Å²) in [5, 5.41) is 1.81. The highest BCUT2D eigenvalue weighted by molar-refractivity contribution is 6.99. The molecule has 0 amide bonds. The summed E-state index contributed by atoms with van der Waals surface area (Å²) < 4.78 is 67.2. The molecule has 0 fully saturated rings. The number of alkyl halides is 3. The molecular formula is C27H31F4NO2Si. The number of nitrogens with two attached hydrogens (primary N) is 1. The predicted molar refractivity (Wildman–Crippen MR) is 133 cm³/mol. The second-order valence-corrected chi connectivity index (χ2v) is 13.8. The van der Waals surface area contributed by atoms with Crippen LogP contribution in [-0.4, -0.2) is 21.5 Å². The SMILES string of the molecule is C[C@@H](N)c1cc(F)cc(C(F)(F)F)c1OCCO[Si](c1ccccc1)(c1ccccc1)C(C)(C)C. The maximum atomic E-state index is 13.9. The molecule has 0 aliphatic heterocycles. The Morgan fingerprint density at radius 2 is 1.37 bits per heavy atom. The van der Waals surface area contributed by atoms with E-state index in [1.807, 2.05) is 60.7 Å². The van der Waals surface area contributed by atoms with Gasteiger partial charge in [-0.15, -0.1) is 0 Å². The van der Waals surface area contributed by atoms with Gasteiger partial charge in [-0.2, -0.15) is 13.2 Å².